The highest BCUT2D eigenvalue weighted by Gasteiger charge is 2.22. The fourth-order valence-corrected chi connectivity index (χ4v) is 1.82. The largest absolute Gasteiger partial charge is 0.480 e. The van der Waals surface area contributed by atoms with Gasteiger partial charge >= 0.3 is 5.97 Å². The van der Waals surface area contributed by atoms with E-state index < -0.39 is 22.8 Å². The van der Waals surface area contributed by atoms with Crippen LogP contribution in [0.5, 0.6) is 0 Å². The molecule has 9 heteroatoms. The van der Waals surface area contributed by atoms with Gasteiger partial charge in [0.25, 0.3) is 11.6 Å². The molecule has 1 unspecified atom stereocenters. The van der Waals surface area contributed by atoms with E-state index in [4.69, 9.17) is 5.11 Å². The molecule has 0 aliphatic heterocycles. The zero-order chi connectivity index (χ0) is 14.4. The molecule has 19 heavy (non-hydrogen) atoms. The third kappa shape index (κ3) is 4.28. The van der Waals surface area contributed by atoms with Gasteiger partial charge in [-0.3, -0.25) is 14.9 Å². The van der Waals surface area contributed by atoms with Gasteiger partial charge < -0.3 is 15.4 Å². The molecule has 0 aromatic carbocycles. The number of carbonyl (C=O) groups is 2. The molecule has 0 saturated heterocycles. The first-order valence-corrected chi connectivity index (χ1v) is 6.70. The Morgan fingerprint density at radius 2 is 2.32 bits per heavy atom. The van der Waals surface area contributed by atoms with Crippen molar-refractivity contribution in [3.8, 4) is 0 Å². The van der Waals surface area contributed by atoms with Crippen molar-refractivity contribution in [3.63, 3.8) is 0 Å². The topological polar surface area (TPSA) is 125 Å². The lowest BCUT2D eigenvalue weighted by Gasteiger charge is -2.12. The van der Waals surface area contributed by atoms with Crippen LogP contribution in [0, 0.1) is 10.1 Å². The number of hydrogen-bond acceptors (Lipinski definition) is 5. The highest BCUT2D eigenvalue weighted by Crippen LogP contribution is 2.12. The van der Waals surface area contributed by atoms with Gasteiger partial charge in [-0.05, 0) is 18.4 Å². The van der Waals surface area contributed by atoms with Gasteiger partial charge in [-0.1, -0.05) is 0 Å². The molecule has 1 aromatic heterocycles. The summed E-state index contributed by atoms with van der Waals surface area (Å²) in [5.41, 5.74) is -0.289. The minimum atomic E-state index is -1.14. The van der Waals surface area contributed by atoms with Crippen molar-refractivity contribution in [2.24, 2.45) is 0 Å². The number of nitrogens with zero attached hydrogens (tertiary/aromatic N) is 1. The minimum absolute atomic E-state index is 0.0397. The Bertz CT molecular complexity index is 487. The van der Waals surface area contributed by atoms with Gasteiger partial charge in [0.1, 0.15) is 11.7 Å². The van der Waals surface area contributed by atoms with Crippen LogP contribution in [0.1, 0.15) is 16.9 Å². The third-order valence-corrected chi connectivity index (χ3v) is 2.98. The summed E-state index contributed by atoms with van der Waals surface area (Å²) < 4.78 is 0. The summed E-state index contributed by atoms with van der Waals surface area (Å²) in [4.78, 5) is 34.9. The lowest BCUT2D eigenvalue weighted by molar-refractivity contribution is -0.384. The maximum atomic E-state index is 11.7. The molecule has 1 amide bonds. The Kier molecular flexibility index (Phi) is 5.37. The fraction of sp³-hybridized carbons (Fsp3) is 0.400. The minimum Gasteiger partial charge on any atom is -0.480 e. The lowest BCUT2D eigenvalue weighted by Crippen LogP contribution is -2.41. The number of carbonyl (C=O) groups excluding carboxylic acids is 1. The van der Waals surface area contributed by atoms with Gasteiger partial charge in [-0.15, -0.1) is 0 Å². The molecule has 0 aliphatic carbocycles. The summed E-state index contributed by atoms with van der Waals surface area (Å²) in [5.74, 6) is -1.23. The van der Waals surface area contributed by atoms with E-state index in [2.05, 4.69) is 10.3 Å². The van der Waals surface area contributed by atoms with E-state index in [1.165, 1.54) is 11.8 Å². The number of H-pyrrole nitrogens is 1. The monoisotopic (exact) mass is 287 g/mol. The SMILES string of the molecule is CSCCC(NC(=O)c1cc([N+](=O)[O-])c[nH]1)C(=O)O. The van der Waals surface area contributed by atoms with Crippen molar-refractivity contribution in [2.75, 3.05) is 12.0 Å². The Balaban J connectivity index is 2.70. The lowest BCUT2D eigenvalue weighted by atomic mass is 10.2. The van der Waals surface area contributed by atoms with Crippen molar-refractivity contribution in [2.45, 2.75) is 12.5 Å². The Hall–Kier alpha value is -2.03. The number of nitrogens with one attached hydrogen (secondary N) is 2. The fourth-order valence-electron chi connectivity index (χ4n) is 1.35. The molecule has 0 fully saturated rings. The first kappa shape index (κ1) is 15.0. The molecule has 3 N–H and O–H groups in total. The number of carboxylic acid groups (broad SMARTS) is 1. The van der Waals surface area contributed by atoms with Crippen molar-refractivity contribution in [3.05, 3.63) is 28.1 Å². The van der Waals surface area contributed by atoms with E-state index in [0.717, 1.165) is 12.3 Å². The molecule has 0 saturated carbocycles. The summed E-state index contributed by atoms with van der Waals surface area (Å²) in [6.45, 7) is 0. The third-order valence-electron chi connectivity index (χ3n) is 2.34. The standard InChI is InChI=1S/C10H13N3O5S/c1-19-3-2-7(10(15)16)12-9(14)8-4-6(5-11-8)13(17)18/h4-5,7,11H,2-3H2,1H3,(H,12,14)(H,15,16). The number of aromatic nitrogens is 1. The van der Waals surface area contributed by atoms with Crippen LogP contribution in [-0.4, -0.2) is 44.9 Å². The van der Waals surface area contributed by atoms with Gasteiger partial charge in [0.2, 0.25) is 0 Å². The number of amides is 1. The molecule has 0 bridgehead atoms. The zero-order valence-electron chi connectivity index (χ0n) is 10.1. The summed E-state index contributed by atoms with van der Waals surface area (Å²) in [6.07, 6.45) is 3.19. The van der Waals surface area contributed by atoms with Crippen LogP contribution in [0.25, 0.3) is 0 Å². The van der Waals surface area contributed by atoms with E-state index in [0.29, 0.717) is 5.75 Å². The molecule has 8 nitrogen and oxygen atoms in total. The van der Waals surface area contributed by atoms with Crippen LogP contribution in [0.3, 0.4) is 0 Å². The summed E-state index contributed by atoms with van der Waals surface area (Å²) >= 11 is 1.47. The van der Waals surface area contributed by atoms with Crippen LogP contribution in [0.4, 0.5) is 5.69 Å². The predicted molar refractivity (Wildman–Crippen MR) is 69.3 cm³/mol. The molecular weight excluding hydrogens is 274 g/mol. The Morgan fingerprint density at radius 3 is 2.79 bits per heavy atom. The van der Waals surface area contributed by atoms with Crippen LogP contribution >= 0.6 is 11.8 Å². The maximum Gasteiger partial charge on any atom is 0.326 e. The number of aromatic amines is 1. The van der Waals surface area contributed by atoms with Gasteiger partial charge in [0.15, 0.2) is 0 Å². The van der Waals surface area contributed by atoms with E-state index in [9.17, 15) is 19.7 Å². The summed E-state index contributed by atoms with van der Waals surface area (Å²) in [5, 5.41) is 21.7. The normalized spacial score (nSPS) is 11.8. The maximum absolute atomic E-state index is 11.7. The second kappa shape index (κ2) is 6.78. The van der Waals surface area contributed by atoms with Crippen molar-refractivity contribution < 1.29 is 19.6 Å². The average Bonchev–Trinajstić information content (AvgIpc) is 2.83. The van der Waals surface area contributed by atoms with Gasteiger partial charge in [-0.2, -0.15) is 11.8 Å². The molecule has 1 rings (SSSR count). The number of hydrogen-bond donors (Lipinski definition) is 3. The smallest absolute Gasteiger partial charge is 0.326 e. The van der Waals surface area contributed by atoms with E-state index in [1.807, 2.05) is 6.26 Å². The highest BCUT2D eigenvalue weighted by molar-refractivity contribution is 7.98. The zero-order valence-corrected chi connectivity index (χ0v) is 10.9. The molecule has 104 valence electrons. The predicted octanol–water partition coefficient (Wildman–Crippen LogP) is 0.859. The number of thioether (sulfide) groups is 1. The van der Waals surface area contributed by atoms with E-state index in [-0.39, 0.29) is 17.8 Å². The van der Waals surface area contributed by atoms with Crippen LogP contribution in [0.15, 0.2) is 12.3 Å². The molecule has 1 aromatic rings. The number of nitro groups is 1. The van der Waals surface area contributed by atoms with Crippen molar-refractivity contribution in [1.29, 1.82) is 0 Å². The van der Waals surface area contributed by atoms with Crippen molar-refractivity contribution in [1.82, 2.24) is 10.3 Å². The van der Waals surface area contributed by atoms with Gasteiger partial charge in [0.05, 0.1) is 11.1 Å². The van der Waals surface area contributed by atoms with Gasteiger partial charge in [-0.25, -0.2) is 4.79 Å². The number of rotatable bonds is 7. The first-order valence-electron chi connectivity index (χ1n) is 5.31. The van der Waals surface area contributed by atoms with Crippen LogP contribution in [0.2, 0.25) is 0 Å². The molecule has 1 atom stereocenters. The molecule has 0 spiro atoms. The Morgan fingerprint density at radius 1 is 1.63 bits per heavy atom. The molecule has 0 aliphatic rings. The van der Waals surface area contributed by atoms with E-state index >= 15 is 0 Å². The highest BCUT2D eigenvalue weighted by atomic mass is 32.2. The summed E-state index contributed by atoms with van der Waals surface area (Å²) in [7, 11) is 0. The second-order valence-corrected chi connectivity index (χ2v) is 4.66. The quantitative estimate of drug-likeness (QED) is 0.504. The van der Waals surface area contributed by atoms with Crippen molar-refractivity contribution >= 4 is 29.3 Å². The average molecular weight is 287 g/mol. The van der Waals surface area contributed by atoms with E-state index in [1.54, 1.807) is 0 Å². The van der Waals surface area contributed by atoms with Crippen LogP contribution in [-0.2, 0) is 4.79 Å². The first-order chi connectivity index (χ1) is 8.95. The van der Waals surface area contributed by atoms with Gasteiger partial charge in [0, 0.05) is 6.07 Å². The number of carboxylic acids is 1. The summed E-state index contributed by atoms with van der Waals surface area (Å²) in [6, 6.07) is 0.0466. The number of aliphatic carboxylic acids is 1. The molecule has 0 radical (unpaired) electrons. The Labute approximate surface area is 112 Å². The molecule has 1 heterocycles. The second-order valence-electron chi connectivity index (χ2n) is 3.67. The molecular formula is C10H13N3O5S. The van der Waals surface area contributed by atoms with Crippen LogP contribution < -0.4 is 5.32 Å².